The molecule has 34 heavy (non-hydrogen) atoms. The Morgan fingerprint density at radius 1 is 0.971 bits per heavy atom. The van der Waals surface area contributed by atoms with Crippen LogP contribution in [0.3, 0.4) is 0 Å². The van der Waals surface area contributed by atoms with Gasteiger partial charge in [0.05, 0.1) is 22.0 Å². The monoisotopic (exact) mass is 547 g/mol. The predicted octanol–water partition coefficient (Wildman–Crippen LogP) is 4.60. The van der Waals surface area contributed by atoms with Crippen LogP contribution in [0.15, 0.2) is 42.5 Å². The molecule has 0 bridgehead atoms. The molecule has 1 atom stereocenters. The van der Waals surface area contributed by atoms with Crippen LogP contribution in [0.2, 0.25) is 15.1 Å². The van der Waals surface area contributed by atoms with E-state index in [1.54, 1.807) is 31.2 Å². The zero-order valence-corrected chi connectivity index (χ0v) is 22.5. The number of rotatable bonds is 10. The molecular formula is C23H28Cl3N3O4S. The first-order chi connectivity index (χ1) is 15.8. The van der Waals surface area contributed by atoms with Crippen molar-refractivity contribution in [3.05, 3.63) is 63.1 Å². The highest BCUT2D eigenvalue weighted by atomic mass is 35.5. The summed E-state index contributed by atoms with van der Waals surface area (Å²) in [7, 11) is -3.86. The van der Waals surface area contributed by atoms with Crippen LogP contribution in [0, 0.1) is 5.92 Å². The lowest BCUT2D eigenvalue weighted by Gasteiger charge is -2.31. The van der Waals surface area contributed by atoms with Crippen molar-refractivity contribution in [1.29, 1.82) is 0 Å². The molecule has 0 fully saturated rings. The van der Waals surface area contributed by atoms with Gasteiger partial charge in [0.1, 0.15) is 12.6 Å². The summed E-state index contributed by atoms with van der Waals surface area (Å²) in [4.78, 5) is 27.6. The molecule has 0 saturated heterocycles. The van der Waals surface area contributed by atoms with Crippen molar-refractivity contribution >= 4 is 62.3 Å². The molecule has 7 nitrogen and oxygen atoms in total. The van der Waals surface area contributed by atoms with E-state index in [0.717, 1.165) is 16.1 Å². The third-order valence-electron chi connectivity index (χ3n) is 4.99. The minimum absolute atomic E-state index is 0.0885. The molecule has 2 rings (SSSR count). The van der Waals surface area contributed by atoms with Gasteiger partial charge in [0.2, 0.25) is 21.8 Å². The van der Waals surface area contributed by atoms with Crippen molar-refractivity contribution in [2.45, 2.75) is 33.4 Å². The molecular weight excluding hydrogens is 521 g/mol. The summed E-state index contributed by atoms with van der Waals surface area (Å²) in [6, 6.07) is 10.3. The van der Waals surface area contributed by atoms with Crippen molar-refractivity contribution in [2.75, 3.05) is 23.7 Å². The molecule has 11 heteroatoms. The average Bonchev–Trinajstić information content (AvgIpc) is 2.76. The molecule has 1 unspecified atom stereocenters. The summed E-state index contributed by atoms with van der Waals surface area (Å²) in [6.07, 6.45) is 0.991. The minimum atomic E-state index is -3.86. The molecule has 0 spiro atoms. The first-order valence-corrected chi connectivity index (χ1v) is 13.5. The fraction of sp³-hybridized carbons (Fsp3) is 0.391. The number of amides is 2. The van der Waals surface area contributed by atoms with Crippen LogP contribution < -0.4 is 9.62 Å². The third kappa shape index (κ3) is 8.05. The second-order valence-corrected chi connectivity index (χ2v) is 11.5. The Hall–Kier alpha value is -2.00. The van der Waals surface area contributed by atoms with Crippen molar-refractivity contribution in [2.24, 2.45) is 5.92 Å². The molecule has 0 aliphatic heterocycles. The van der Waals surface area contributed by atoms with Gasteiger partial charge in [-0.15, -0.1) is 0 Å². The molecule has 1 N–H and O–H groups in total. The third-order valence-corrected chi connectivity index (χ3v) is 7.12. The van der Waals surface area contributed by atoms with Crippen molar-refractivity contribution < 1.29 is 18.0 Å². The van der Waals surface area contributed by atoms with E-state index in [4.69, 9.17) is 34.8 Å². The summed E-state index contributed by atoms with van der Waals surface area (Å²) >= 11 is 18.0. The first kappa shape index (κ1) is 28.2. The molecule has 2 amide bonds. The van der Waals surface area contributed by atoms with E-state index in [2.05, 4.69) is 5.32 Å². The number of sulfonamides is 1. The number of carbonyl (C=O) groups excluding carboxylic acids is 2. The van der Waals surface area contributed by atoms with E-state index in [1.807, 2.05) is 13.8 Å². The van der Waals surface area contributed by atoms with Gasteiger partial charge in [-0.05, 0) is 48.7 Å². The summed E-state index contributed by atoms with van der Waals surface area (Å²) in [5.74, 6) is -0.665. The molecule has 0 aliphatic rings. The van der Waals surface area contributed by atoms with Crippen LogP contribution in [0.25, 0.3) is 0 Å². The lowest BCUT2D eigenvalue weighted by molar-refractivity contribution is -0.139. The Morgan fingerprint density at radius 2 is 1.59 bits per heavy atom. The second-order valence-electron chi connectivity index (χ2n) is 8.33. The Balaban J connectivity index is 2.37. The van der Waals surface area contributed by atoms with Crippen LogP contribution in [0.1, 0.15) is 26.3 Å². The van der Waals surface area contributed by atoms with Gasteiger partial charge in [0, 0.05) is 18.1 Å². The van der Waals surface area contributed by atoms with Gasteiger partial charge >= 0.3 is 0 Å². The van der Waals surface area contributed by atoms with E-state index in [9.17, 15) is 18.0 Å². The van der Waals surface area contributed by atoms with Gasteiger partial charge in [-0.2, -0.15) is 0 Å². The maximum absolute atomic E-state index is 13.4. The van der Waals surface area contributed by atoms with Crippen LogP contribution in [0.5, 0.6) is 0 Å². The molecule has 0 aliphatic carbocycles. The van der Waals surface area contributed by atoms with E-state index in [1.165, 1.54) is 23.1 Å². The van der Waals surface area contributed by atoms with Gasteiger partial charge in [0.25, 0.3) is 0 Å². The highest BCUT2D eigenvalue weighted by molar-refractivity contribution is 7.92. The Kier molecular flexibility index (Phi) is 10.1. The largest absolute Gasteiger partial charge is 0.354 e. The fourth-order valence-corrected chi connectivity index (χ4v) is 4.34. The van der Waals surface area contributed by atoms with E-state index >= 15 is 0 Å². The summed E-state index contributed by atoms with van der Waals surface area (Å²) in [6.45, 7) is 5.54. The zero-order chi connectivity index (χ0) is 25.6. The topological polar surface area (TPSA) is 86.8 Å². The zero-order valence-electron chi connectivity index (χ0n) is 19.4. The number of nitrogens with zero attached hydrogens (tertiary/aromatic N) is 2. The average molecular weight is 549 g/mol. The van der Waals surface area contributed by atoms with Gasteiger partial charge in [-0.1, -0.05) is 60.8 Å². The smallest absolute Gasteiger partial charge is 0.244 e. The van der Waals surface area contributed by atoms with Gasteiger partial charge in [-0.25, -0.2) is 8.42 Å². The van der Waals surface area contributed by atoms with E-state index in [0.29, 0.717) is 11.6 Å². The molecule has 0 radical (unpaired) electrons. The van der Waals surface area contributed by atoms with Crippen LogP contribution >= 0.6 is 34.8 Å². The molecule has 0 heterocycles. The van der Waals surface area contributed by atoms with E-state index < -0.39 is 28.5 Å². The number of anilines is 1. The Bertz CT molecular complexity index is 1120. The standard InChI is InChI=1S/C23H28Cl3N3O4S/c1-15(2)12-27-23(31)16(3)28(13-17-5-7-18(24)8-6-17)22(30)14-29(34(4,32)33)19-9-10-20(25)21(26)11-19/h5-11,15-16H,12-14H2,1-4H3,(H,27,31). The number of nitrogens with one attached hydrogen (secondary N) is 1. The quantitative estimate of drug-likeness (QED) is 0.470. The number of hydrogen-bond acceptors (Lipinski definition) is 4. The van der Waals surface area contributed by atoms with Crippen molar-refractivity contribution in [3.8, 4) is 0 Å². The summed E-state index contributed by atoms with van der Waals surface area (Å²) in [5.41, 5.74) is 0.926. The van der Waals surface area contributed by atoms with Crippen LogP contribution in [-0.4, -0.2) is 50.5 Å². The Labute approximate surface area is 216 Å². The van der Waals surface area contributed by atoms with Crippen LogP contribution in [-0.2, 0) is 26.2 Å². The highest BCUT2D eigenvalue weighted by Crippen LogP contribution is 2.28. The van der Waals surface area contributed by atoms with Crippen LogP contribution in [0.4, 0.5) is 5.69 Å². The normalized spacial score (nSPS) is 12.4. The van der Waals surface area contributed by atoms with Crippen molar-refractivity contribution in [3.63, 3.8) is 0 Å². The van der Waals surface area contributed by atoms with Crippen molar-refractivity contribution in [1.82, 2.24) is 10.2 Å². The number of hydrogen-bond donors (Lipinski definition) is 1. The molecule has 2 aromatic rings. The summed E-state index contributed by atoms with van der Waals surface area (Å²) < 4.78 is 26.0. The fourth-order valence-electron chi connectivity index (χ4n) is 3.08. The first-order valence-electron chi connectivity index (χ1n) is 10.5. The molecule has 0 aromatic heterocycles. The maximum atomic E-state index is 13.4. The predicted molar refractivity (Wildman–Crippen MR) is 138 cm³/mol. The summed E-state index contributed by atoms with van der Waals surface area (Å²) in [5, 5.41) is 3.76. The van der Waals surface area contributed by atoms with Gasteiger partial charge in [0.15, 0.2) is 0 Å². The lowest BCUT2D eigenvalue weighted by atomic mass is 10.1. The van der Waals surface area contributed by atoms with Gasteiger partial charge in [-0.3, -0.25) is 13.9 Å². The second kappa shape index (κ2) is 12.1. The number of carbonyl (C=O) groups is 2. The van der Waals surface area contributed by atoms with E-state index in [-0.39, 0.29) is 34.1 Å². The number of benzene rings is 2. The Morgan fingerprint density at radius 3 is 2.12 bits per heavy atom. The highest BCUT2D eigenvalue weighted by Gasteiger charge is 2.30. The minimum Gasteiger partial charge on any atom is -0.354 e. The maximum Gasteiger partial charge on any atom is 0.244 e. The van der Waals surface area contributed by atoms with Gasteiger partial charge < -0.3 is 10.2 Å². The number of halogens is 3. The SMILES string of the molecule is CC(C)CNC(=O)C(C)N(Cc1ccc(Cl)cc1)C(=O)CN(c1ccc(Cl)c(Cl)c1)S(C)(=O)=O. The molecule has 2 aromatic carbocycles. The molecule has 186 valence electrons. The molecule has 0 saturated carbocycles. The lowest BCUT2D eigenvalue weighted by Crippen LogP contribution is -2.51.